The molecule has 1 aromatic rings. The smallest absolute Gasteiger partial charge is 0.272 e. The highest BCUT2D eigenvalue weighted by molar-refractivity contribution is 9.10. The van der Waals surface area contributed by atoms with Crippen LogP contribution in [0.15, 0.2) is 29.1 Å². The Labute approximate surface area is 137 Å². The summed E-state index contributed by atoms with van der Waals surface area (Å²) in [5, 5.41) is 0. The summed E-state index contributed by atoms with van der Waals surface area (Å²) >= 11 is 3.15. The molecule has 0 N–H and O–H groups in total. The zero-order valence-electron chi connectivity index (χ0n) is 12.4. The Morgan fingerprint density at radius 2 is 1.82 bits per heavy atom. The van der Waals surface area contributed by atoms with Gasteiger partial charge in [-0.25, -0.2) is 4.39 Å². The van der Waals surface area contributed by atoms with Crippen LogP contribution in [0.25, 0.3) is 0 Å². The lowest BCUT2D eigenvalue weighted by Crippen LogP contribution is -2.25. The topological polar surface area (TPSA) is 46.2 Å². The quantitative estimate of drug-likeness (QED) is 0.644. The van der Waals surface area contributed by atoms with Gasteiger partial charge in [0.1, 0.15) is 30.4 Å². The highest BCUT2D eigenvalue weighted by Crippen LogP contribution is 2.37. The van der Waals surface area contributed by atoms with Gasteiger partial charge in [-0.2, -0.15) is 0 Å². The summed E-state index contributed by atoms with van der Waals surface area (Å²) < 4.78 is 41.5. The second-order valence-electron chi connectivity index (χ2n) is 4.30. The first kappa shape index (κ1) is 17.1. The molecule has 0 radical (unpaired) electrons. The third-order valence-electron chi connectivity index (χ3n) is 2.87. The van der Waals surface area contributed by atoms with Crippen LogP contribution in [0.2, 0.25) is 0 Å². The molecular formula is C15H18BrFO5. The van der Waals surface area contributed by atoms with Crippen molar-refractivity contribution in [1.29, 1.82) is 0 Å². The van der Waals surface area contributed by atoms with Gasteiger partial charge in [0.05, 0.1) is 4.47 Å². The zero-order chi connectivity index (χ0) is 15.9. The van der Waals surface area contributed by atoms with E-state index in [-0.39, 0.29) is 12.2 Å². The van der Waals surface area contributed by atoms with E-state index in [2.05, 4.69) is 15.9 Å². The van der Waals surface area contributed by atoms with E-state index in [1.54, 1.807) is 12.1 Å². The summed E-state index contributed by atoms with van der Waals surface area (Å²) in [4.78, 5) is 0. The number of rotatable bonds is 8. The van der Waals surface area contributed by atoms with Gasteiger partial charge in [0.15, 0.2) is 12.1 Å². The van der Waals surface area contributed by atoms with E-state index in [1.807, 2.05) is 13.8 Å². The molecule has 0 aliphatic carbocycles. The van der Waals surface area contributed by atoms with Crippen LogP contribution in [-0.4, -0.2) is 26.1 Å². The molecule has 22 heavy (non-hydrogen) atoms. The maximum atomic E-state index is 14.4. The van der Waals surface area contributed by atoms with Gasteiger partial charge in [-0.05, 0) is 41.9 Å². The largest absolute Gasteiger partial charge is 0.488 e. The summed E-state index contributed by atoms with van der Waals surface area (Å²) in [6, 6.07) is 3.20. The van der Waals surface area contributed by atoms with Gasteiger partial charge in [-0.1, -0.05) is 0 Å². The molecule has 1 aliphatic heterocycles. The first-order valence-corrected chi connectivity index (χ1v) is 7.76. The summed E-state index contributed by atoms with van der Waals surface area (Å²) in [6.07, 6.45) is 1.33. The Morgan fingerprint density at radius 1 is 1.18 bits per heavy atom. The van der Waals surface area contributed by atoms with Crippen molar-refractivity contribution >= 4 is 15.9 Å². The van der Waals surface area contributed by atoms with E-state index in [0.29, 0.717) is 23.4 Å². The molecule has 0 atom stereocenters. The van der Waals surface area contributed by atoms with E-state index in [1.165, 1.54) is 12.5 Å². The predicted octanol–water partition coefficient (Wildman–Crippen LogP) is 3.88. The van der Waals surface area contributed by atoms with Gasteiger partial charge in [-0.3, -0.25) is 0 Å². The van der Waals surface area contributed by atoms with Crippen molar-refractivity contribution in [2.75, 3.05) is 19.8 Å². The minimum absolute atomic E-state index is 0.135. The predicted molar refractivity (Wildman–Crippen MR) is 80.7 cm³/mol. The average Bonchev–Trinajstić information content (AvgIpc) is 3.02. The standard InChI is InChI=1S/C15H18BrFO5/c1-3-18-12(19-4-2)9-22-11-6-5-10(16)14(17)13(11)15-20-7-8-21-15/h5-8,12,15H,3-4,9H2,1-2H3. The molecule has 0 bridgehead atoms. The van der Waals surface area contributed by atoms with Gasteiger partial charge < -0.3 is 23.7 Å². The lowest BCUT2D eigenvalue weighted by Gasteiger charge is -2.20. The van der Waals surface area contributed by atoms with Crippen LogP contribution < -0.4 is 4.74 Å². The van der Waals surface area contributed by atoms with Crippen LogP contribution in [0.3, 0.4) is 0 Å². The van der Waals surface area contributed by atoms with Crippen LogP contribution in [-0.2, 0) is 18.9 Å². The van der Waals surface area contributed by atoms with Crippen LogP contribution in [0.1, 0.15) is 25.7 Å². The monoisotopic (exact) mass is 376 g/mol. The number of hydrogen-bond acceptors (Lipinski definition) is 5. The van der Waals surface area contributed by atoms with Crippen LogP contribution in [0.5, 0.6) is 5.75 Å². The lowest BCUT2D eigenvalue weighted by molar-refractivity contribution is -0.152. The fraction of sp³-hybridized carbons (Fsp3) is 0.467. The van der Waals surface area contributed by atoms with Crippen LogP contribution in [0, 0.1) is 5.82 Å². The van der Waals surface area contributed by atoms with Crippen LogP contribution >= 0.6 is 15.9 Å². The first-order chi connectivity index (χ1) is 10.7. The third kappa shape index (κ3) is 4.12. The summed E-state index contributed by atoms with van der Waals surface area (Å²) in [5.74, 6) is -0.172. The van der Waals surface area contributed by atoms with Crippen molar-refractivity contribution in [3.8, 4) is 5.75 Å². The molecule has 0 unspecified atom stereocenters. The van der Waals surface area contributed by atoms with E-state index in [9.17, 15) is 4.39 Å². The number of halogens is 2. The minimum atomic E-state index is -0.870. The Kier molecular flexibility index (Phi) is 6.48. The van der Waals surface area contributed by atoms with Crippen molar-refractivity contribution < 1.29 is 28.1 Å². The molecule has 1 aromatic carbocycles. The van der Waals surface area contributed by atoms with Gasteiger partial charge in [-0.15, -0.1) is 0 Å². The molecule has 7 heteroatoms. The van der Waals surface area contributed by atoms with Crippen molar-refractivity contribution in [1.82, 2.24) is 0 Å². The maximum absolute atomic E-state index is 14.4. The summed E-state index contributed by atoms with van der Waals surface area (Å²) in [6.45, 7) is 4.85. The Hall–Kier alpha value is -1.31. The van der Waals surface area contributed by atoms with E-state index in [0.717, 1.165) is 0 Å². The van der Waals surface area contributed by atoms with Crippen LogP contribution in [0.4, 0.5) is 4.39 Å². The summed E-state index contributed by atoms with van der Waals surface area (Å²) in [7, 11) is 0. The summed E-state index contributed by atoms with van der Waals surface area (Å²) in [5.41, 5.74) is 0.186. The highest BCUT2D eigenvalue weighted by atomic mass is 79.9. The lowest BCUT2D eigenvalue weighted by atomic mass is 10.2. The fourth-order valence-electron chi connectivity index (χ4n) is 1.94. The average molecular weight is 377 g/mol. The minimum Gasteiger partial charge on any atom is -0.488 e. The molecule has 0 aromatic heterocycles. The highest BCUT2D eigenvalue weighted by Gasteiger charge is 2.27. The van der Waals surface area contributed by atoms with Crippen molar-refractivity contribution in [2.45, 2.75) is 26.4 Å². The molecule has 2 rings (SSSR count). The fourth-order valence-corrected chi connectivity index (χ4v) is 2.29. The van der Waals surface area contributed by atoms with E-state index >= 15 is 0 Å². The van der Waals surface area contributed by atoms with Gasteiger partial charge in [0.2, 0.25) is 0 Å². The SMILES string of the molecule is CCOC(COc1ccc(Br)c(F)c1C1OC=CO1)OCC. The Morgan fingerprint density at radius 3 is 2.41 bits per heavy atom. The number of benzene rings is 1. The molecule has 0 amide bonds. The second-order valence-corrected chi connectivity index (χ2v) is 5.16. The molecule has 0 spiro atoms. The van der Waals surface area contributed by atoms with Crippen molar-refractivity contribution in [3.63, 3.8) is 0 Å². The van der Waals surface area contributed by atoms with E-state index in [4.69, 9.17) is 23.7 Å². The normalized spacial score (nSPS) is 14.2. The molecule has 0 saturated heterocycles. The first-order valence-electron chi connectivity index (χ1n) is 6.97. The number of hydrogen-bond donors (Lipinski definition) is 0. The maximum Gasteiger partial charge on any atom is 0.272 e. The second kappa shape index (κ2) is 8.36. The molecule has 0 saturated carbocycles. The van der Waals surface area contributed by atoms with Gasteiger partial charge in [0, 0.05) is 13.2 Å². The Bertz CT molecular complexity index is 509. The number of ether oxygens (including phenoxy) is 5. The van der Waals surface area contributed by atoms with E-state index < -0.39 is 18.4 Å². The molecular weight excluding hydrogens is 359 g/mol. The molecule has 5 nitrogen and oxygen atoms in total. The third-order valence-corrected chi connectivity index (χ3v) is 3.48. The molecule has 1 heterocycles. The van der Waals surface area contributed by atoms with Gasteiger partial charge >= 0.3 is 0 Å². The Balaban J connectivity index is 2.14. The zero-order valence-corrected chi connectivity index (χ0v) is 14.0. The van der Waals surface area contributed by atoms with Gasteiger partial charge in [0.25, 0.3) is 6.29 Å². The van der Waals surface area contributed by atoms with Crippen molar-refractivity contribution in [2.24, 2.45) is 0 Å². The molecule has 1 aliphatic rings. The van der Waals surface area contributed by atoms with Crippen molar-refractivity contribution in [3.05, 3.63) is 40.5 Å². The molecule has 0 fully saturated rings. The molecule has 122 valence electrons.